The number of rotatable bonds is 8. The van der Waals surface area contributed by atoms with Crippen molar-refractivity contribution in [1.82, 2.24) is 30.3 Å². The van der Waals surface area contributed by atoms with Gasteiger partial charge in [-0.25, -0.2) is 0 Å². The van der Waals surface area contributed by atoms with Crippen LogP contribution in [0.15, 0.2) is 11.3 Å². The number of aryl methyl sites for hydroxylation is 1. The van der Waals surface area contributed by atoms with E-state index in [2.05, 4.69) is 44.1 Å². The van der Waals surface area contributed by atoms with Gasteiger partial charge in [-0.05, 0) is 32.9 Å². The first-order valence-electron chi connectivity index (χ1n) is 9.44. The van der Waals surface area contributed by atoms with Gasteiger partial charge in [0.15, 0.2) is 5.96 Å². The second-order valence-electron chi connectivity index (χ2n) is 6.24. The zero-order chi connectivity index (χ0) is 17.0. The monoisotopic (exact) mass is 335 g/mol. The van der Waals surface area contributed by atoms with Crippen molar-refractivity contribution in [2.45, 2.75) is 52.5 Å². The molecule has 7 heteroatoms. The third-order valence-electron chi connectivity index (χ3n) is 4.39. The van der Waals surface area contributed by atoms with E-state index in [1.807, 2.05) is 0 Å². The number of nitrogens with zero attached hydrogens (tertiary/aromatic N) is 5. The Bertz CT molecular complexity index is 475. The Morgan fingerprint density at radius 2 is 1.92 bits per heavy atom. The predicted octanol–water partition coefficient (Wildman–Crippen LogP) is 1.27. The van der Waals surface area contributed by atoms with E-state index in [4.69, 9.17) is 4.99 Å². The maximum atomic E-state index is 4.71. The summed E-state index contributed by atoms with van der Waals surface area (Å²) in [6.45, 7) is 11.1. The van der Waals surface area contributed by atoms with Crippen LogP contribution in [-0.4, -0.2) is 64.9 Å². The van der Waals surface area contributed by atoms with E-state index in [-0.39, 0.29) is 0 Å². The minimum atomic E-state index is 0.820. The molecule has 1 fully saturated rings. The Kier molecular flexibility index (Phi) is 8.59. The van der Waals surface area contributed by atoms with Crippen molar-refractivity contribution in [3.8, 4) is 0 Å². The number of hydrogen-bond donors (Lipinski definition) is 2. The molecule has 0 bridgehead atoms. The zero-order valence-electron chi connectivity index (χ0n) is 15.3. The molecule has 1 aromatic heterocycles. The van der Waals surface area contributed by atoms with Gasteiger partial charge < -0.3 is 20.1 Å². The average Bonchev–Trinajstić information content (AvgIpc) is 2.88. The van der Waals surface area contributed by atoms with Gasteiger partial charge in [-0.1, -0.05) is 19.8 Å². The molecule has 0 aliphatic carbocycles. The molecule has 0 aromatic carbocycles. The quantitative estimate of drug-likeness (QED) is 0.553. The number of aromatic nitrogens is 3. The van der Waals surface area contributed by atoms with Crippen LogP contribution in [-0.2, 0) is 13.0 Å². The van der Waals surface area contributed by atoms with Crippen molar-refractivity contribution in [2.24, 2.45) is 4.99 Å². The molecule has 136 valence electrons. The van der Waals surface area contributed by atoms with Gasteiger partial charge in [-0.3, -0.25) is 4.99 Å². The van der Waals surface area contributed by atoms with Crippen LogP contribution in [0.5, 0.6) is 0 Å². The maximum Gasteiger partial charge on any atom is 0.191 e. The molecule has 2 heterocycles. The van der Waals surface area contributed by atoms with E-state index >= 15 is 0 Å². The minimum Gasteiger partial charge on any atom is -0.357 e. The van der Waals surface area contributed by atoms with Gasteiger partial charge in [0.1, 0.15) is 12.2 Å². The van der Waals surface area contributed by atoms with E-state index in [0.717, 1.165) is 50.9 Å². The lowest BCUT2D eigenvalue weighted by Crippen LogP contribution is -2.39. The highest BCUT2D eigenvalue weighted by atomic mass is 15.3. The Labute approximate surface area is 145 Å². The first-order valence-corrected chi connectivity index (χ1v) is 9.44. The zero-order valence-corrected chi connectivity index (χ0v) is 15.3. The summed E-state index contributed by atoms with van der Waals surface area (Å²) >= 11 is 0. The molecule has 1 aromatic rings. The summed E-state index contributed by atoms with van der Waals surface area (Å²) in [5, 5.41) is 14.8. The van der Waals surface area contributed by atoms with Crippen molar-refractivity contribution < 1.29 is 0 Å². The summed E-state index contributed by atoms with van der Waals surface area (Å²) in [5.74, 6) is 1.93. The minimum absolute atomic E-state index is 0.820. The van der Waals surface area contributed by atoms with Gasteiger partial charge in [-0.2, -0.15) is 0 Å². The summed E-state index contributed by atoms with van der Waals surface area (Å²) in [5.41, 5.74) is 0. The molecule has 0 atom stereocenters. The topological polar surface area (TPSA) is 70.4 Å². The van der Waals surface area contributed by atoms with E-state index < -0.39 is 0 Å². The van der Waals surface area contributed by atoms with Crippen LogP contribution in [0.2, 0.25) is 0 Å². The third-order valence-corrected chi connectivity index (χ3v) is 4.39. The van der Waals surface area contributed by atoms with Crippen LogP contribution in [0.3, 0.4) is 0 Å². The van der Waals surface area contributed by atoms with Crippen LogP contribution in [0.4, 0.5) is 0 Å². The second kappa shape index (κ2) is 11.0. The van der Waals surface area contributed by atoms with E-state index in [1.54, 1.807) is 6.33 Å². The van der Waals surface area contributed by atoms with Crippen molar-refractivity contribution >= 4 is 5.96 Å². The van der Waals surface area contributed by atoms with Gasteiger partial charge in [-0.15, -0.1) is 10.2 Å². The lowest BCUT2D eigenvalue weighted by molar-refractivity contribution is 0.293. The Morgan fingerprint density at radius 1 is 1.12 bits per heavy atom. The molecule has 0 spiro atoms. The van der Waals surface area contributed by atoms with Crippen molar-refractivity contribution in [3.05, 3.63) is 12.2 Å². The van der Waals surface area contributed by atoms with Gasteiger partial charge in [0.2, 0.25) is 0 Å². The van der Waals surface area contributed by atoms with Gasteiger partial charge in [0, 0.05) is 32.6 Å². The van der Waals surface area contributed by atoms with Crippen LogP contribution < -0.4 is 10.6 Å². The molecule has 0 radical (unpaired) electrons. The normalized spacial score (nSPS) is 16.8. The molecule has 24 heavy (non-hydrogen) atoms. The second-order valence-corrected chi connectivity index (χ2v) is 6.24. The first-order chi connectivity index (χ1) is 11.8. The lowest BCUT2D eigenvalue weighted by Gasteiger charge is -2.19. The van der Waals surface area contributed by atoms with Gasteiger partial charge in [0.25, 0.3) is 0 Å². The predicted molar refractivity (Wildman–Crippen MR) is 98.3 cm³/mol. The fraction of sp³-hybridized carbons (Fsp3) is 0.824. The molecular weight excluding hydrogens is 302 g/mol. The van der Waals surface area contributed by atoms with Crippen molar-refractivity contribution in [2.75, 3.05) is 39.3 Å². The molecule has 2 N–H and O–H groups in total. The summed E-state index contributed by atoms with van der Waals surface area (Å²) in [4.78, 5) is 7.26. The fourth-order valence-electron chi connectivity index (χ4n) is 3.04. The van der Waals surface area contributed by atoms with Gasteiger partial charge >= 0.3 is 0 Å². The number of hydrogen-bond acceptors (Lipinski definition) is 4. The van der Waals surface area contributed by atoms with Crippen molar-refractivity contribution in [3.63, 3.8) is 0 Å². The van der Waals surface area contributed by atoms with E-state index in [1.165, 1.54) is 38.8 Å². The molecule has 0 amide bonds. The standard InChI is InChI=1S/C17H33N7/c1-3-16-22-21-15-24(16)14-10-20-17(18-4-2)19-9-13-23-11-7-5-6-8-12-23/h15H,3-14H2,1-2H3,(H2,18,19,20). The number of guanidine groups is 1. The Morgan fingerprint density at radius 3 is 2.62 bits per heavy atom. The molecule has 7 nitrogen and oxygen atoms in total. The highest BCUT2D eigenvalue weighted by molar-refractivity contribution is 5.79. The van der Waals surface area contributed by atoms with Crippen molar-refractivity contribution in [1.29, 1.82) is 0 Å². The van der Waals surface area contributed by atoms with Crippen LogP contribution >= 0.6 is 0 Å². The molecular formula is C17H33N7. The summed E-state index contributed by atoms with van der Waals surface area (Å²) in [6, 6.07) is 0. The van der Waals surface area contributed by atoms with E-state index in [0.29, 0.717) is 0 Å². The third kappa shape index (κ3) is 6.47. The SMILES string of the molecule is CCNC(=NCCN1CCCCCC1)NCCn1cnnc1CC. The molecule has 1 aliphatic rings. The molecule has 1 aliphatic heterocycles. The molecule has 0 saturated carbocycles. The molecule has 0 unspecified atom stereocenters. The van der Waals surface area contributed by atoms with Crippen LogP contribution in [0.1, 0.15) is 45.4 Å². The molecule has 2 rings (SSSR count). The lowest BCUT2D eigenvalue weighted by atomic mass is 10.2. The Balaban J connectivity index is 1.73. The first kappa shape index (κ1) is 18.7. The van der Waals surface area contributed by atoms with E-state index in [9.17, 15) is 0 Å². The van der Waals surface area contributed by atoms with Crippen LogP contribution in [0, 0.1) is 0 Å². The molecule has 1 saturated heterocycles. The number of aliphatic imine (C=N–C) groups is 1. The van der Waals surface area contributed by atoms with Crippen LogP contribution in [0.25, 0.3) is 0 Å². The maximum absolute atomic E-state index is 4.71. The summed E-state index contributed by atoms with van der Waals surface area (Å²) in [7, 11) is 0. The highest BCUT2D eigenvalue weighted by Crippen LogP contribution is 2.08. The smallest absolute Gasteiger partial charge is 0.191 e. The fourth-order valence-corrected chi connectivity index (χ4v) is 3.04. The average molecular weight is 336 g/mol. The van der Waals surface area contributed by atoms with Gasteiger partial charge in [0.05, 0.1) is 6.54 Å². The summed E-state index contributed by atoms with van der Waals surface area (Å²) < 4.78 is 2.09. The summed E-state index contributed by atoms with van der Waals surface area (Å²) in [6.07, 6.45) is 8.13. The number of likely N-dealkylation sites (tertiary alicyclic amines) is 1. The highest BCUT2D eigenvalue weighted by Gasteiger charge is 2.08. The largest absolute Gasteiger partial charge is 0.357 e. The number of nitrogens with one attached hydrogen (secondary N) is 2. The Hall–Kier alpha value is -1.63.